The predicted octanol–water partition coefficient (Wildman–Crippen LogP) is 4.96. The maximum Gasteiger partial charge on any atom is 0.416 e. The molecule has 2 aromatic rings. The number of anilines is 2. The zero-order chi connectivity index (χ0) is 18.6. The van der Waals surface area contributed by atoms with Gasteiger partial charge in [0.1, 0.15) is 0 Å². The number of carbonyl (C=O) groups excluding carboxylic acids is 2. The first-order valence-electron chi connectivity index (χ1n) is 7.28. The molecule has 0 aliphatic rings. The second-order valence-corrected chi connectivity index (χ2v) is 5.54. The number of carbonyl (C=O) groups is 2. The van der Waals surface area contributed by atoms with Crippen molar-refractivity contribution in [3.8, 4) is 0 Å². The lowest BCUT2D eigenvalue weighted by molar-refractivity contribution is -0.137. The van der Waals surface area contributed by atoms with E-state index < -0.39 is 17.6 Å². The number of nitrogens with one attached hydrogen (secondary N) is 2. The van der Waals surface area contributed by atoms with Crippen LogP contribution in [0.25, 0.3) is 0 Å². The van der Waals surface area contributed by atoms with E-state index in [0.717, 1.165) is 18.2 Å². The molecule has 2 amide bonds. The van der Waals surface area contributed by atoms with Crippen molar-refractivity contribution in [1.29, 1.82) is 0 Å². The van der Waals surface area contributed by atoms with Gasteiger partial charge >= 0.3 is 6.18 Å². The van der Waals surface area contributed by atoms with Crippen LogP contribution in [0.2, 0.25) is 5.02 Å². The molecule has 0 fully saturated rings. The number of rotatable bonds is 4. The van der Waals surface area contributed by atoms with Crippen LogP contribution in [-0.4, -0.2) is 11.8 Å². The minimum Gasteiger partial charge on any atom is -0.326 e. The van der Waals surface area contributed by atoms with E-state index in [9.17, 15) is 22.8 Å². The summed E-state index contributed by atoms with van der Waals surface area (Å²) in [5.74, 6) is -0.868. The molecule has 0 atom stereocenters. The molecular formula is C17H14ClF3N2O2. The third kappa shape index (κ3) is 4.96. The van der Waals surface area contributed by atoms with E-state index in [4.69, 9.17) is 11.6 Å². The van der Waals surface area contributed by atoms with Crippen molar-refractivity contribution < 1.29 is 22.8 Å². The van der Waals surface area contributed by atoms with Gasteiger partial charge in [-0.05, 0) is 36.4 Å². The average molecular weight is 371 g/mol. The van der Waals surface area contributed by atoms with Gasteiger partial charge in [-0.1, -0.05) is 24.6 Å². The Labute approximate surface area is 147 Å². The standard InChI is InChI=1S/C17H14ClF3N2O2/c1-2-15(24)22-12-5-3-4-10(8-12)16(25)23-14-9-11(17(19,20)21)6-7-13(14)18/h3-9H,2H2,1H3,(H,22,24)(H,23,25). The zero-order valence-corrected chi connectivity index (χ0v) is 13.8. The summed E-state index contributed by atoms with van der Waals surface area (Å²) in [6, 6.07) is 8.71. The Morgan fingerprint density at radius 3 is 2.44 bits per heavy atom. The first kappa shape index (κ1) is 18.8. The van der Waals surface area contributed by atoms with E-state index in [-0.39, 0.29) is 28.6 Å². The Morgan fingerprint density at radius 1 is 1.08 bits per heavy atom. The molecule has 4 nitrogen and oxygen atoms in total. The highest BCUT2D eigenvalue weighted by atomic mass is 35.5. The van der Waals surface area contributed by atoms with Gasteiger partial charge in [0.2, 0.25) is 5.91 Å². The number of benzene rings is 2. The lowest BCUT2D eigenvalue weighted by atomic mass is 10.1. The topological polar surface area (TPSA) is 58.2 Å². The summed E-state index contributed by atoms with van der Waals surface area (Å²) in [6.45, 7) is 1.68. The lowest BCUT2D eigenvalue weighted by Crippen LogP contribution is -2.15. The van der Waals surface area contributed by atoms with Crippen LogP contribution < -0.4 is 10.6 Å². The number of hydrogen-bond acceptors (Lipinski definition) is 2. The maximum absolute atomic E-state index is 12.8. The van der Waals surface area contributed by atoms with E-state index in [1.807, 2.05) is 0 Å². The van der Waals surface area contributed by atoms with Crippen LogP contribution in [0, 0.1) is 0 Å². The van der Waals surface area contributed by atoms with Crippen molar-refractivity contribution >= 4 is 34.8 Å². The zero-order valence-electron chi connectivity index (χ0n) is 13.1. The SMILES string of the molecule is CCC(=O)Nc1cccc(C(=O)Nc2cc(C(F)(F)F)ccc2Cl)c1. The third-order valence-electron chi connectivity index (χ3n) is 3.27. The predicted molar refractivity (Wildman–Crippen MR) is 89.8 cm³/mol. The summed E-state index contributed by atoms with van der Waals surface area (Å²) >= 11 is 5.86. The Hall–Kier alpha value is -2.54. The molecule has 0 spiro atoms. The Kier molecular flexibility index (Phi) is 5.69. The van der Waals surface area contributed by atoms with E-state index in [1.54, 1.807) is 19.1 Å². The fraction of sp³-hybridized carbons (Fsp3) is 0.176. The summed E-state index contributed by atoms with van der Waals surface area (Å²) in [4.78, 5) is 23.7. The highest BCUT2D eigenvalue weighted by Gasteiger charge is 2.31. The van der Waals surface area contributed by atoms with Crippen LogP contribution in [0.15, 0.2) is 42.5 Å². The number of amides is 2. The van der Waals surface area contributed by atoms with E-state index in [2.05, 4.69) is 10.6 Å². The third-order valence-corrected chi connectivity index (χ3v) is 3.60. The molecule has 0 saturated carbocycles. The lowest BCUT2D eigenvalue weighted by Gasteiger charge is -2.12. The molecule has 0 unspecified atom stereocenters. The normalized spacial score (nSPS) is 11.1. The highest BCUT2D eigenvalue weighted by Crippen LogP contribution is 2.34. The summed E-state index contributed by atoms with van der Waals surface area (Å²) in [5.41, 5.74) is -0.488. The molecule has 132 valence electrons. The van der Waals surface area contributed by atoms with Gasteiger partial charge in [-0.25, -0.2) is 0 Å². The molecule has 0 aliphatic carbocycles. The second kappa shape index (κ2) is 7.57. The summed E-state index contributed by atoms with van der Waals surface area (Å²) in [6.07, 6.45) is -4.27. The molecular weight excluding hydrogens is 357 g/mol. The monoisotopic (exact) mass is 370 g/mol. The molecule has 0 radical (unpaired) electrons. The van der Waals surface area contributed by atoms with E-state index >= 15 is 0 Å². The van der Waals surface area contributed by atoms with Crippen molar-refractivity contribution in [2.24, 2.45) is 0 Å². The van der Waals surface area contributed by atoms with Crippen LogP contribution in [-0.2, 0) is 11.0 Å². The van der Waals surface area contributed by atoms with Gasteiger partial charge in [0.15, 0.2) is 0 Å². The molecule has 0 bridgehead atoms. The summed E-state index contributed by atoms with van der Waals surface area (Å²) in [5, 5.41) is 4.93. The van der Waals surface area contributed by atoms with Crippen molar-refractivity contribution in [2.45, 2.75) is 19.5 Å². The van der Waals surface area contributed by atoms with Gasteiger partial charge in [0.05, 0.1) is 16.3 Å². The number of alkyl halides is 3. The average Bonchev–Trinajstić information content (AvgIpc) is 2.55. The molecule has 25 heavy (non-hydrogen) atoms. The van der Waals surface area contributed by atoms with Crippen molar-refractivity contribution in [3.05, 3.63) is 58.6 Å². The van der Waals surface area contributed by atoms with Crippen LogP contribution in [0.1, 0.15) is 29.3 Å². The van der Waals surface area contributed by atoms with Crippen LogP contribution in [0.3, 0.4) is 0 Å². The second-order valence-electron chi connectivity index (χ2n) is 5.13. The Bertz CT molecular complexity index is 807. The molecule has 0 aromatic heterocycles. The fourth-order valence-corrected chi connectivity index (χ4v) is 2.14. The van der Waals surface area contributed by atoms with Gasteiger partial charge in [-0.2, -0.15) is 13.2 Å². The highest BCUT2D eigenvalue weighted by molar-refractivity contribution is 6.34. The number of halogens is 4. The minimum atomic E-state index is -4.55. The maximum atomic E-state index is 12.8. The van der Waals surface area contributed by atoms with Gasteiger partial charge < -0.3 is 10.6 Å². The smallest absolute Gasteiger partial charge is 0.326 e. The minimum absolute atomic E-state index is 0.0169. The molecule has 2 N–H and O–H groups in total. The van der Waals surface area contributed by atoms with Crippen molar-refractivity contribution in [3.63, 3.8) is 0 Å². The molecule has 8 heteroatoms. The Balaban J connectivity index is 2.23. The van der Waals surface area contributed by atoms with E-state index in [1.165, 1.54) is 12.1 Å². The van der Waals surface area contributed by atoms with Crippen molar-refractivity contribution in [2.75, 3.05) is 10.6 Å². The first-order valence-corrected chi connectivity index (χ1v) is 7.66. The Morgan fingerprint density at radius 2 is 1.80 bits per heavy atom. The number of hydrogen-bond donors (Lipinski definition) is 2. The van der Waals surface area contributed by atoms with Gasteiger partial charge in [-0.3, -0.25) is 9.59 Å². The van der Waals surface area contributed by atoms with Gasteiger partial charge in [0, 0.05) is 17.7 Å². The van der Waals surface area contributed by atoms with E-state index in [0.29, 0.717) is 5.69 Å². The summed E-state index contributed by atoms with van der Waals surface area (Å²) < 4.78 is 38.3. The first-order chi connectivity index (χ1) is 11.7. The fourth-order valence-electron chi connectivity index (χ4n) is 1.98. The van der Waals surface area contributed by atoms with Crippen LogP contribution in [0.5, 0.6) is 0 Å². The van der Waals surface area contributed by atoms with Crippen LogP contribution >= 0.6 is 11.6 Å². The molecule has 2 aromatic carbocycles. The largest absolute Gasteiger partial charge is 0.416 e. The molecule has 0 heterocycles. The quantitative estimate of drug-likeness (QED) is 0.799. The van der Waals surface area contributed by atoms with Crippen LogP contribution in [0.4, 0.5) is 24.5 Å². The molecule has 2 rings (SSSR count). The molecule has 0 saturated heterocycles. The van der Waals surface area contributed by atoms with Gasteiger partial charge in [-0.15, -0.1) is 0 Å². The summed E-state index contributed by atoms with van der Waals surface area (Å²) in [7, 11) is 0. The van der Waals surface area contributed by atoms with Gasteiger partial charge in [0.25, 0.3) is 5.91 Å². The molecule has 0 aliphatic heterocycles. The van der Waals surface area contributed by atoms with Crippen molar-refractivity contribution in [1.82, 2.24) is 0 Å².